The largest absolute Gasteiger partial charge is 0.495 e. The van der Waals surface area contributed by atoms with Crippen LogP contribution >= 0.6 is 34.5 Å². The first-order chi connectivity index (χ1) is 11.7. The fourth-order valence-electron chi connectivity index (χ4n) is 2.12. The first-order valence-corrected chi connectivity index (χ1v) is 8.64. The van der Waals surface area contributed by atoms with Crippen molar-refractivity contribution in [2.45, 2.75) is 0 Å². The second-order valence-electron chi connectivity index (χ2n) is 4.78. The number of aromatic nitrogens is 1. The van der Waals surface area contributed by atoms with Gasteiger partial charge in [-0.3, -0.25) is 5.43 Å². The molecule has 3 rings (SSSR count). The summed E-state index contributed by atoms with van der Waals surface area (Å²) >= 11 is 13.6. The lowest BCUT2D eigenvalue weighted by Crippen LogP contribution is -1.95. The number of nitrogens with zero attached hydrogens (tertiary/aromatic N) is 2. The van der Waals surface area contributed by atoms with Gasteiger partial charge in [-0.2, -0.15) is 5.10 Å². The monoisotopic (exact) mass is 377 g/mol. The minimum atomic E-state index is 0.437. The molecule has 0 unspecified atom stereocenters. The molecule has 0 atom stereocenters. The zero-order valence-corrected chi connectivity index (χ0v) is 15.0. The van der Waals surface area contributed by atoms with Crippen LogP contribution in [-0.4, -0.2) is 18.3 Å². The van der Waals surface area contributed by atoms with Gasteiger partial charge < -0.3 is 4.74 Å². The number of benzene rings is 2. The van der Waals surface area contributed by atoms with Crippen LogP contribution < -0.4 is 10.2 Å². The molecule has 122 valence electrons. The molecule has 0 radical (unpaired) electrons. The van der Waals surface area contributed by atoms with Crippen LogP contribution in [0.1, 0.15) is 5.56 Å². The van der Waals surface area contributed by atoms with Crippen molar-refractivity contribution in [3.05, 3.63) is 63.5 Å². The van der Waals surface area contributed by atoms with Gasteiger partial charge in [0, 0.05) is 21.5 Å². The van der Waals surface area contributed by atoms with Gasteiger partial charge in [0.2, 0.25) is 5.13 Å². The molecule has 0 aliphatic carbocycles. The van der Waals surface area contributed by atoms with E-state index in [2.05, 4.69) is 15.5 Å². The topological polar surface area (TPSA) is 46.5 Å². The minimum absolute atomic E-state index is 0.437. The first kappa shape index (κ1) is 16.8. The predicted octanol–water partition coefficient (Wildman–Crippen LogP) is 5.57. The number of hydrogen-bond donors (Lipinski definition) is 1. The van der Waals surface area contributed by atoms with E-state index in [4.69, 9.17) is 27.9 Å². The maximum Gasteiger partial charge on any atom is 0.203 e. The van der Waals surface area contributed by atoms with Crippen molar-refractivity contribution < 1.29 is 4.74 Å². The van der Waals surface area contributed by atoms with Crippen LogP contribution in [0.4, 0.5) is 5.13 Å². The van der Waals surface area contributed by atoms with Gasteiger partial charge in [0.25, 0.3) is 0 Å². The molecule has 0 spiro atoms. The third-order valence-electron chi connectivity index (χ3n) is 3.18. The van der Waals surface area contributed by atoms with Crippen LogP contribution in [0, 0.1) is 0 Å². The van der Waals surface area contributed by atoms with E-state index in [0.29, 0.717) is 26.5 Å². The summed E-state index contributed by atoms with van der Waals surface area (Å²) in [5.74, 6) is 0.524. The van der Waals surface area contributed by atoms with Crippen LogP contribution in [0.5, 0.6) is 5.75 Å². The summed E-state index contributed by atoms with van der Waals surface area (Å²) < 4.78 is 5.27. The van der Waals surface area contributed by atoms with Crippen molar-refractivity contribution in [3.8, 4) is 17.0 Å². The Balaban J connectivity index is 1.75. The average Bonchev–Trinajstić information content (AvgIpc) is 3.04. The minimum Gasteiger partial charge on any atom is -0.495 e. The average molecular weight is 378 g/mol. The summed E-state index contributed by atoms with van der Waals surface area (Å²) in [6.07, 6.45) is 1.60. The Morgan fingerprint density at radius 1 is 1.21 bits per heavy atom. The Bertz CT molecular complexity index is 866. The number of hydrogen-bond acceptors (Lipinski definition) is 5. The smallest absolute Gasteiger partial charge is 0.203 e. The normalized spacial score (nSPS) is 11.0. The lowest BCUT2D eigenvalue weighted by molar-refractivity contribution is 0.414. The van der Waals surface area contributed by atoms with E-state index in [1.807, 2.05) is 35.7 Å². The molecule has 0 saturated carbocycles. The van der Waals surface area contributed by atoms with Crippen LogP contribution in [0.2, 0.25) is 10.0 Å². The van der Waals surface area contributed by atoms with E-state index < -0.39 is 0 Å². The number of hydrazone groups is 1. The maximum atomic E-state index is 6.10. The van der Waals surface area contributed by atoms with Gasteiger partial charge in [-0.1, -0.05) is 53.5 Å². The molecule has 4 nitrogen and oxygen atoms in total. The maximum absolute atomic E-state index is 6.10. The molecule has 1 aromatic heterocycles. The highest BCUT2D eigenvalue weighted by molar-refractivity contribution is 7.14. The van der Waals surface area contributed by atoms with E-state index in [9.17, 15) is 0 Å². The van der Waals surface area contributed by atoms with Crippen LogP contribution in [0.15, 0.2) is 52.9 Å². The quantitative estimate of drug-likeness (QED) is 0.466. The summed E-state index contributed by atoms with van der Waals surface area (Å²) in [5, 5.41) is 7.81. The van der Waals surface area contributed by atoms with Gasteiger partial charge in [-0.05, 0) is 12.1 Å². The van der Waals surface area contributed by atoms with Crippen molar-refractivity contribution in [1.82, 2.24) is 4.98 Å². The highest BCUT2D eigenvalue weighted by Gasteiger charge is 2.08. The predicted molar refractivity (Wildman–Crippen MR) is 102 cm³/mol. The lowest BCUT2D eigenvalue weighted by atomic mass is 10.2. The Morgan fingerprint density at radius 3 is 2.75 bits per heavy atom. The molecule has 0 bridgehead atoms. The van der Waals surface area contributed by atoms with Gasteiger partial charge in [0.05, 0.1) is 24.0 Å². The number of methoxy groups -OCH3 is 1. The zero-order valence-electron chi connectivity index (χ0n) is 12.7. The standard InChI is InChI=1S/C17H13Cl2N3OS/c1-23-16-12(7-13(18)8-14(16)19)9-20-22-17-21-15(10-24-17)11-5-3-2-4-6-11/h2-10H,1H3,(H,21,22). The first-order valence-electron chi connectivity index (χ1n) is 7.00. The fraction of sp³-hybridized carbons (Fsp3) is 0.0588. The van der Waals surface area contributed by atoms with Crippen molar-refractivity contribution in [3.63, 3.8) is 0 Å². The molecule has 0 amide bonds. The molecule has 1 heterocycles. The Morgan fingerprint density at radius 2 is 2.00 bits per heavy atom. The van der Waals surface area contributed by atoms with Gasteiger partial charge in [0.15, 0.2) is 0 Å². The van der Waals surface area contributed by atoms with E-state index in [0.717, 1.165) is 11.3 Å². The van der Waals surface area contributed by atoms with E-state index >= 15 is 0 Å². The molecular weight excluding hydrogens is 365 g/mol. The Kier molecular flexibility index (Phi) is 5.35. The van der Waals surface area contributed by atoms with Crippen molar-refractivity contribution >= 4 is 45.9 Å². The summed E-state index contributed by atoms with van der Waals surface area (Å²) in [4.78, 5) is 4.50. The zero-order chi connectivity index (χ0) is 16.9. The van der Waals surface area contributed by atoms with Crippen LogP contribution in [-0.2, 0) is 0 Å². The van der Waals surface area contributed by atoms with Gasteiger partial charge >= 0.3 is 0 Å². The Hall–Kier alpha value is -2.08. The van der Waals surface area contributed by atoms with Gasteiger partial charge in [-0.15, -0.1) is 11.3 Å². The fourth-order valence-corrected chi connectivity index (χ4v) is 3.37. The van der Waals surface area contributed by atoms with Crippen LogP contribution in [0.3, 0.4) is 0 Å². The summed E-state index contributed by atoms with van der Waals surface area (Å²) in [7, 11) is 1.55. The summed E-state index contributed by atoms with van der Waals surface area (Å²) in [6, 6.07) is 13.3. The molecule has 0 aliphatic heterocycles. The van der Waals surface area contributed by atoms with Crippen molar-refractivity contribution in [2.24, 2.45) is 5.10 Å². The van der Waals surface area contributed by atoms with Crippen molar-refractivity contribution in [2.75, 3.05) is 12.5 Å². The molecule has 1 N–H and O–H groups in total. The van der Waals surface area contributed by atoms with Gasteiger partial charge in [0.1, 0.15) is 5.75 Å². The molecular formula is C17H13Cl2N3OS. The number of thiazole rings is 1. The third kappa shape index (κ3) is 3.87. The summed E-state index contributed by atoms with van der Waals surface area (Å²) in [6.45, 7) is 0. The summed E-state index contributed by atoms with van der Waals surface area (Å²) in [5.41, 5.74) is 5.56. The molecule has 0 saturated heterocycles. The highest BCUT2D eigenvalue weighted by Crippen LogP contribution is 2.31. The molecule has 7 heteroatoms. The van der Waals surface area contributed by atoms with Gasteiger partial charge in [-0.25, -0.2) is 4.98 Å². The SMILES string of the molecule is COc1c(Cl)cc(Cl)cc1C=NNc1nc(-c2ccccc2)cs1. The molecule has 0 aliphatic rings. The number of nitrogens with one attached hydrogen (secondary N) is 1. The Labute approximate surface area is 153 Å². The molecule has 3 aromatic rings. The second kappa shape index (κ2) is 7.66. The molecule has 2 aromatic carbocycles. The van der Waals surface area contributed by atoms with E-state index in [-0.39, 0.29) is 0 Å². The van der Waals surface area contributed by atoms with Crippen LogP contribution in [0.25, 0.3) is 11.3 Å². The van der Waals surface area contributed by atoms with E-state index in [1.165, 1.54) is 11.3 Å². The second-order valence-corrected chi connectivity index (χ2v) is 6.49. The molecule has 24 heavy (non-hydrogen) atoms. The highest BCUT2D eigenvalue weighted by atomic mass is 35.5. The number of anilines is 1. The van der Waals surface area contributed by atoms with E-state index in [1.54, 1.807) is 25.5 Å². The molecule has 0 fully saturated rings. The number of ether oxygens (including phenoxy) is 1. The number of rotatable bonds is 5. The van der Waals surface area contributed by atoms with Crippen molar-refractivity contribution in [1.29, 1.82) is 0 Å². The lowest BCUT2D eigenvalue weighted by Gasteiger charge is -2.07. The number of halogens is 2. The third-order valence-corrected chi connectivity index (χ3v) is 4.42.